The van der Waals surface area contributed by atoms with Crippen molar-refractivity contribution in [1.82, 2.24) is 10.2 Å². The molecule has 1 aliphatic rings. The van der Waals surface area contributed by atoms with E-state index in [1.165, 1.54) is 24.3 Å². The minimum Gasteiger partial charge on any atom is -0.324 e. The van der Waals surface area contributed by atoms with Crippen molar-refractivity contribution in [3.8, 4) is 0 Å². The third kappa shape index (κ3) is 3.72. The number of carbonyl (C=O) groups excluding carboxylic acids is 3. The fraction of sp³-hybridized carbons (Fsp3) is 0.471. The van der Waals surface area contributed by atoms with Crippen LogP contribution in [0.5, 0.6) is 0 Å². The molecule has 1 saturated heterocycles. The maximum absolute atomic E-state index is 13.1. The zero-order valence-corrected chi connectivity index (χ0v) is 13.9. The number of rotatable bonds is 7. The van der Waals surface area contributed by atoms with Gasteiger partial charge in [0.05, 0.1) is 0 Å². The van der Waals surface area contributed by atoms with Gasteiger partial charge >= 0.3 is 6.03 Å². The number of halogens is 1. The minimum atomic E-state index is -0.917. The van der Waals surface area contributed by atoms with E-state index in [1.807, 2.05) is 13.8 Å². The van der Waals surface area contributed by atoms with Crippen LogP contribution in [0.25, 0.3) is 0 Å². The highest BCUT2D eigenvalue weighted by Gasteiger charge is 2.50. The van der Waals surface area contributed by atoms with Crippen LogP contribution < -0.4 is 10.6 Å². The largest absolute Gasteiger partial charge is 0.325 e. The molecule has 6 nitrogen and oxygen atoms in total. The van der Waals surface area contributed by atoms with Gasteiger partial charge in [0.25, 0.3) is 5.91 Å². The lowest BCUT2D eigenvalue weighted by Gasteiger charge is -2.25. The summed E-state index contributed by atoms with van der Waals surface area (Å²) < 4.78 is 13.1. The van der Waals surface area contributed by atoms with Crippen molar-refractivity contribution < 1.29 is 18.8 Å². The summed E-state index contributed by atoms with van der Waals surface area (Å²) in [6, 6.07) is 4.87. The van der Waals surface area contributed by atoms with Crippen LogP contribution in [-0.2, 0) is 9.59 Å². The molecule has 1 heterocycles. The number of imide groups is 1. The number of amides is 4. The van der Waals surface area contributed by atoms with E-state index in [0.717, 1.165) is 17.7 Å². The Morgan fingerprint density at radius 3 is 2.50 bits per heavy atom. The molecular formula is C17H22FN3O3. The zero-order valence-electron chi connectivity index (χ0n) is 13.9. The molecule has 130 valence electrons. The second kappa shape index (κ2) is 7.42. The predicted octanol–water partition coefficient (Wildman–Crippen LogP) is 2.66. The molecule has 1 fully saturated rings. The van der Waals surface area contributed by atoms with E-state index < -0.39 is 29.8 Å². The van der Waals surface area contributed by atoms with Crippen LogP contribution in [0, 0.1) is 5.82 Å². The lowest BCUT2D eigenvalue weighted by atomic mass is 9.88. The van der Waals surface area contributed by atoms with E-state index in [9.17, 15) is 18.8 Å². The van der Waals surface area contributed by atoms with Gasteiger partial charge < -0.3 is 10.6 Å². The summed E-state index contributed by atoms with van der Waals surface area (Å²) in [7, 11) is 0. The van der Waals surface area contributed by atoms with Gasteiger partial charge in [-0.2, -0.15) is 0 Å². The van der Waals surface area contributed by atoms with Crippen LogP contribution in [0.3, 0.4) is 0 Å². The SMILES string of the molecule is CCCC1(CCC)NC(=O)N(CC(=O)Nc2cccc(F)c2)C1=O. The Balaban J connectivity index is 2.07. The molecular weight excluding hydrogens is 313 g/mol. The molecule has 0 radical (unpaired) electrons. The Hall–Kier alpha value is -2.44. The molecule has 0 spiro atoms. The van der Waals surface area contributed by atoms with Gasteiger partial charge in [0.15, 0.2) is 0 Å². The monoisotopic (exact) mass is 335 g/mol. The molecule has 0 bridgehead atoms. The van der Waals surface area contributed by atoms with Gasteiger partial charge in [-0.25, -0.2) is 9.18 Å². The van der Waals surface area contributed by atoms with Crippen molar-refractivity contribution in [2.45, 2.75) is 45.1 Å². The molecule has 0 atom stereocenters. The zero-order chi connectivity index (χ0) is 17.7. The highest BCUT2D eigenvalue weighted by Crippen LogP contribution is 2.28. The molecule has 0 aliphatic carbocycles. The first-order valence-electron chi connectivity index (χ1n) is 8.11. The second-order valence-corrected chi connectivity index (χ2v) is 5.96. The Morgan fingerprint density at radius 2 is 1.92 bits per heavy atom. The van der Waals surface area contributed by atoms with E-state index in [-0.39, 0.29) is 11.6 Å². The fourth-order valence-corrected chi connectivity index (χ4v) is 3.05. The van der Waals surface area contributed by atoms with Crippen molar-refractivity contribution in [2.75, 3.05) is 11.9 Å². The molecule has 2 rings (SSSR count). The Labute approximate surface area is 140 Å². The molecule has 7 heteroatoms. The topological polar surface area (TPSA) is 78.5 Å². The lowest BCUT2D eigenvalue weighted by molar-refractivity contribution is -0.134. The average Bonchev–Trinajstić information content (AvgIpc) is 2.72. The molecule has 24 heavy (non-hydrogen) atoms. The number of benzene rings is 1. The quantitative estimate of drug-likeness (QED) is 0.752. The standard InChI is InChI=1S/C17H22FN3O3/c1-3-8-17(9-4-2)15(23)21(16(24)20-17)11-14(22)19-13-7-5-6-12(18)10-13/h5-7,10H,3-4,8-9,11H2,1-2H3,(H,19,22)(H,20,24). The van der Waals surface area contributed by atoms with Gasteiger partial charge in [0, 0.05) is 5.69 Å². The maximum Gasteiger partial charge on any atom is 0.325 e. The van der Waals surface area contributed by atoms with Crippen molar-refractivity contribution >= 4 is 23.5 Å². The molecule has 0 aromatic heterocycles. The van der Waals surface area contributed by atoms with E-state index in [4.69, 9.17) is 0 Å². The first-order valence-corrected chi connectivity index (χ1v) is 8.11. The molecule has 1 aliphatic heterocycles. The van der Waals surface area contributed by atoms with Crippen LogP contribution in [-0.4, -0.2) is 34.8 Å². The van der Waals surface area contributed by atoms with Gasteiger partial charge in [-0.05, 0) is 31.0 Å². The van der Waals surface area contributed by atoms with Crippen LogP contribution >= 0.6 is 0 Å². The molecule has 2 N–H and O–H groups in total. The number of anilines is 1. The van der Waals surface area contributed by atoms with Gasteiger partial charge in [-0.1, -0.05) is 32.8 Å². The number of hydrogen-bond acceptors (Lipinski definition) is 3. The van der Waals surface area contributed by atoms with Gasteiger partial charge in [0.1, 0.15) is 17.9 Å². The van der Waals surface area contributed by atoms with E-state index in [2.05, 4.69) is 10.6 Å². The smallest absolute Gasteiger partial charge is 0.324 e. The molecule has 0 unspecified atom stereocenters. The number of nitrogens with zero attached hydrogens (tertiary/aromatic N) is 1. The summed E-state index contributed by atoms with van der Waals surface area (Å²) in [6.07, 6.45) is 2.56. The van der Waals surface area contributed by atoms with Crippen LogP contribution in [0.1, 0.15) is 39.5 Å². The minimum absolute atomic E-state index is 0.278. The van der Waals surface area contributed by atoms with Gasteiger partial charge in [-0.15, -0.1) is 0 Å². The number of carbonyl (C=O) groups is 3. The normalized spacial score (nSPS) is 16.2. The first kappa shape index (κ1) is 17.9. The summed E-state index contributed by atoms with van der Waals surface area (Å²) >= 11 is 0. The summed E-state index contributed by atoms with van der Waals surface area (Å²) in [5, 5.41) is 5.23. The third-order valence-electron chi connectivity index (χ3n) is 4.01. The number of hydrogen-bond donors (Lipinski definition) is 2. The third-order valence-corrected chi connectivity index (χ3v) is 4.01. The molecule has 1 aromatic rings. The summed E-state index contributed by atoms with van der Waals surface area (Å²) in [4.78, 5) is 37.8. The van der Waals surface area contributed by atoms with Crippen LogP contribution in [0.4, 0.5) is 14.9 Å². The second-order valence-electron chi connectivity index (χ2n) is 5.96. The fourth-order valence-electron chi connectivity index (χ4n) is 3.05. The molecule has 1 aromatic carbocycles. The molecule has 4 amide bonds. The number of nitrogens with one attached hydrogen (secondary N) is 2. The van der Waals surface area contributed by atoms with Crippen LogP contribution in [0.15, 0.2) is 24.3 Å². The van der Waals surface area contributed by atoms with Gasteiger partial charge in [-0.3, -0.25) is 14.5 Å². The summed E-state index contributed by atoms with van der Waals surface area (Å²) in [5.74, 6) is -1.40. The maximum atomic E-state index is 13.1. The highest BCUT2D eigenvalue weighted by atomic mass is 19.1. The molecule has 0 saturated carbocycles. The van der Waals surface area contributed by atoms with E-state index >= 15 is 0 Å². The lowest BCUT2D eigenvalue weighted by Crippen LogP contribution is -2.47. The van der Waals surface area contributed by atoms with Crippen molar-refractivity contribution in [2.24, 2.45) is 0 Å². The van der Waals surface area contributed by atoms with E-state index in [0.29, 0.717) is 12.8 Å². The Morgan fingerprint density at radius 1 is 1.25 bits per heavy atom. The van der Waals surface area contributed by atoms with Crippen molar-refractivity contribution in [3.63, 3.8) is 0 Å². The predicted molar refractivity (Wildman–Crippen MR) is 87.8 cm³/mol. The average molecular weight is 335 g/mol. The number of urea groups is 1. The highest BCUT2D eigenvalue weighted by molar-refractivity contribution is 6.10. The van der Waals surface area contributed by atoms with E-state index in [1.54, 1.807) is 0 Å². The van der Waals surface area contributed by atoms with Crippen LogP contribution in [0.2, 0.25) is 0 Å². The summed E-state index contributed by atoms with van der Waals surface area (Å²) in [5.41, 5.74) is -0.639. The summed E-state index contributed by atoms with van der Waals surface area (Å²) in [6.45, 7) is 3.49. The van der Waals surface area contributed by atoms with Crippen molar-refractivity contribution in [3.05, 3.63) is 30.1 Å². The van der Waals surface area contributed by atoms with Gasteiger partial charge in [0.2, 0.25) is 5.91 Å². The Kier molecular flexibility index (Phi) is 5.54. The first-order chi connectivity index (χ1) is 11.4. The Bertz CT molecular complexity index is 642. The van der Waals surface area contributed by atoms with Crippen molar-refractivity contribution in [1.29, 1.82) is 0 Å².